The predicted molar refractivity (Wildman–Crippen MR) is 79.8 cm³/mol. The number of benzene rings is 1. The van der Waals surface area contributed by atoms with Crippen LogP contribution in [-0.2, 0) is 11.2 Å². The van der Waals surface area contributed by atoms with Crippen molar-refractivity contribution in [2.45, 2.75) is 25.8 Å². The van der Waals surface area contributed by atoms with Gasteiger partial charge in [-0.1, -0.05) is 12.1 Å². The molecule has 114 valence electrons. The predicted octanol–water partition coefficient (Wildman–Crippen LogP) is 2.31. The van der Waals surface area contributed by atoms with E-state index in [1.165, 1.54) is 5.56 Å². The third-order valence-electron chi connectivity index (χ3n) is 3.61. The smallest absolute Gasteiger partial charge is 0.317 e. The summed E-state index contributed by atoms with van der Waals surface area (Å²) in [5, 5.41) is 8.94. The number of carbonyl (C=O) groups is 1. The molecular weight excluding hydrogens is 270 g/mol. The molecular formula is C16H21NO4. The molecule has 0 radical (unpaired) electrons. The highest BCUT2D eigenvalue weighted by Crippen LogP contribution is 2.32. The molecule has 2 rings (SSSR count). The van der Waals surface area contributed by atoms with Crippen LogP contribution in [0.15, 0.2) is 30.9 Å². The van der Waals surface area contributed by atoms with E-state index in [1.54, 1.807) is 6.08 Å². The molecule has 1 aromatic rings. The lowest BCUT2D eigenvalue weighted by atomic mass is 10.0. The summed E-state index contributed by atoms with van der Waals surface area (Å²) in [5.74, 6) is 0.756. The van der Waals surface area contributed by atoms with Crippen LogP contribution >= 0.6 is 0 Å². The van der Waals surface area contributed by atoms with Crippen molar-refractivity contribution >= 4 is 5.97 Å². The molecule has 0 saturated heterocycles. The fourth-order valence-electron chi connectivity index (χ4n) is 2.39. The summed E-state index contributed by atoms with van der Waals surface area (Å²) in [7, 11) is 0. The highest BCUT2D eigenvalue weighted by Gasteiger charge is 2.17. The van der Waals surface area contributed by atoms with Gasteiger partial charge < -0.3 is 14.6 Å². The highest BCUT2D eigenvalue weighted by molar-refractivity contribution is 5.69. The van der Waals surface area contributed by atoms with Gasteiger partial charge in [-0.05, 0) is 37.5 Å². The second-order valence-electron chi connectivity index (χ2n) is 5.19. The molecule has 0 fully saturated rings. The molecule has 0 saturated carbocycles. The van der Waals surface area contributed by atoms with E-state index < -0.39 is 5.97 Å². The number of aryl methyl sites for hydroxylation is 1. The molecule has 0 bridgehead atoms. The summed E-state index contributed by atoms with van der Waals surface area (Å²) in [6, 6.07) is 6.10. The summed E-state index contributed by atoms with van der Waals surface area (Å²) < 4.78 is 10.6. The summed E-state index contributed by atoms with van der Waals surface area (Å²) in [6.07, 6.45) is 3.48. The van der Waals surface area contributed by atoms with E-state index in [1.807, 2.05) is 30.0 Å². The lowest BCUT2D eigenvalue weighted by Gasteiger charge is -2.26. The summed E-state index contributed by atoms with van der Waals surface area (Å²) in [4.78, 5) is 12.8. The number of carboxylic acid groups (broad SMARTS) is 1. The number of fused-ring (bicyclic) bond motifs is 1. The molecule has 21 heavy (non-hydrogen) atoms. The number of ether oxygens (including phenoxy) is 2. The number of hydrogen-bond donors (Lipinski definition) is 1. The van der Waals surface area contributed by atoms with Gasteiger partial charge in [0.25, 0.3) is 0 Å². The zero-order chi connectivity index (χ0) is 15.2. The Balaban J connectivity index is 1.91. The van der Waals surface area contributed by atoms with Crippen molar-refractivity contribution in [3.63, 3.8) is 0 Å². The average molecular weight is 291 g/mol. The third-order valence-corrected chi connectivity index (χ3v) is 3.61. The topological polar surface area (TPSA) is 59.0 Å². The highest BCUT2D eigenvalue weighted by atomic mass is 16.7. The van der Waals surface area contributed by atoms with Crippen molar-refractivity contribution in [3.8, 4) is 11.5 Å². The minimum absolute atomic E-state index is 0.0360. The van der Waals surface area contributed by atoms with Crippen LogP contribution in [-0.4, -0.2) is 41.9 Å². The Bertz CT molecular complexity index is 515. The summed E-state index contributed by atoms with van der Waals surface area (Å²) in [5.41, 5.74) is 1.17. The Kier molecular flexibility index (Phi) is 5.22. The third kappa shape index (κ3) is 4.23. The van der Waals surface area contributed by atoms with E-state index in [4.69, 9.17) is 14.6 Å². The van der Waals surface area contributed by atoms with E-state index in [0.717, 1.165) is 24.3 Å². The normalized spacial score (nSPS) is 14.2. The average Bonchev–Trinajstić information content (AvgIpc) is 2.91. The Hall–Kier alpha value is -2.01. The lowest BCUT2D eigenvalue weighted by molar-refractivity contribution is -0.138. The Labute approximate surface area is 124 Å². The van der Waals surface area contributed by atoms with Crippen molar-refractivity contribution in [1.29, 1.82) is 0 Å². The second-order valence-corrected chi connectivity index (χ2v) is 5.19. The first-order valence-corrected chi connectivity index (χ1v) is 7.05. The molecule has 0 amide bonds. The molecule has 1 aromatic carbocycles. The summed E-state index contributed by atoms with van der Waals surface area (Å²) in [6.45, 7) is 6.62. The first-order chi connectivity index (χ1) is 10.1. The molecule has 1 aliphatic rings. The van der Waals surface area contributed by atoms with Crippen LogP contribution < -0.4 is 9.47 Å². The van der Waals surface area contributed by atoms with E-state index in [9.17, 15) is 4.79 Å². The quantitative estimate of drug-likeness (QED) is 0.745. The van der Waals surface area contributed by atoms with Gasteiger partial charge in [0, 0.05) is 12.6 Å². The van der Waals surface area contributed by atoms with Gasteiger partial charge in [0.15, 0.2) is 11.5 Å². The maximum atomic E-state index is 10.9. The van der Waals surface area contributed by atoms with Gasteiger partial charge in [-0.2, -0.15) is 0 Å². The van der Waals surface area contributed by atoms with E-state index in [0.29, 0.717) is 6.54 Å². The van der Waals surface area contributed by atoms with E-state index >= 15 is 0 Å². The maximum Gasteiger partial charge on any atom is 0.317 e. The number of aliphatic carboxylic acids is 1. The van der Waals surface area contributed by atoms with Crippen molar-refractivity contribution in [1.82, 2.24) is 4.90 Å². The van der Waals surface area contributed by atoms with Crippen LogP contribution in [0.1, 0.15) is 18.9 Å². The maximum absolute atomic E-state index is 10.9. The van der Waals surface area contributed by atoms with E-state index in [-0.39, 0.29) is 19.4 Å². The van der Waals surface area contributed by atoms with E-state index in [2.05, 4.69) is 6.58 Å². The number of carboxylic acids is 1. The summed E-state index contributed by atoms with van der Waals surface area (Å²) >= 11 is 0. The molecule has 1 unspecified atom stereocenters. The van der Waals surface area contributed by atoms with Gasteiger partial charge in [-0.15, -0.1) is 6.58 Å². The molecule has 1 aliphatic heterocycles. The van der Waals surface area contributed by atoms with Crippen molar-refractivity contribution in [3.05, 3.63) is 36.4 Å². The SMILES string of the molecule is C=CCN(CC(=O)O)C(C)CCc1ccc2c(c1)OCO2. The molecule has 0 aromatic heterocycles. The van der Waals surface area contributed by atoms with Gasteiger partial charge in [0.05, 0.1) is 6.54 Å². The largest absolute Gasteiger partial charge is 0.480 e. The minimum Gasteiger partial charge on any atom is -0.480 e. The Morgan fingerprint density at radius 2 is 2.24 bits per heavy atom. The number of nitrogens with zero attached hydrogens (tertiary/aromatic N) is 1. The van der Waals surface area contributed by atoms with Gasteiger partial charge in [-0.25, -0.2) is 0 Å². The Morgan fingerprint density at radius 3 is 2.95 bits per heavy atom. The Morgan fingerprint density at radius 1 is 1.48 bits per heavy atom. The van der Waals surface area contributed by atoms with Gasteiger partial charge >= 0.3 is 5.97 Å². The molecule has 1 atom stereocenters. The van der Waals surface area contributed by atoms with Gasteiger partial charge in [-0.3, -0.25) is 9.69 Å². The second kappa shape index (κ2) is 7.13. The van der Waals surface area contributed by atoms with Gasteiger partial charge in [0.1, 0.15) is 0 Å². The van der Waals surface area contributed by atoms with Crippen molar-refractivity contribution < 1.29 is 19.4 Å². The first-order valence-electron chi connectivity index (χ1n) is 7.05. The first kappa shape index (κ1) is 15.4. The molecule has 5 nitrogen and oxygen atoms in total. The van der Waals surface area contributed by atoms with Crippen LogP contribution in [0.5, 0.6) is 11.5 Å². The van der Waals surface area contributed by atoms with Crippen LogP contribution in [0, 0.1) is 0 Å². The van der Waals surface area contributed by atoms with Crippen molar-refractivity contribution in [2.75, 3.05) is 19.9 Å². The molecule has 0 spiro atoms. The molecule has 5 heteroatoms. The van der Waals surface area contributed by atoms with Crippen molar-refractivity contribution in [2.24, 2.45) is 0 Å². The molecule has 1 heterocycles. The molecule has 1 N–H and O–H groups in total. The lowest BCUT2D eigenvalue weighted by Crippen LogP contribution is -2.37. The zero-order valence-corrected chi connectivity index (χ0v) is 12.2. The minimum atomic E-state index is -0.813. The van der Waals surface area contributed by atoms with Crippen LogP contribution in [0.3, 0.4) is 0 Å². The molecule has 0 aliphatic carbocycles. The van der Waals surface area contributed by atoms with Crippen LogP contribution in [0.4, 0.5) is 0 Å². The number of rotatable bonds is 8. The number of hydrogen-bond acceptors (Lipinski definition) is 4. The fourth-order valence-corrected chi connectivity index (χ4v) is 2.39. The zero-order valence-electron chi connectivity index (χ0n) is 12.2. The van der Waals surface area contributed by atoms with Crippen LogP contribution in [0.2, 0.25) is 0 Å². The monoisotopic (exact) mass is 291 g/mol. The van der Waals surface area contributed by atoms with Gasteiger partial charge in [0.2, 0.25) is 6.79 Å². The fraction of sp³-hybridized carbons (Fsp3) is 0.438. The standard InChI is InChI=1S/C16H21NO4/c1-3-8-17(10-16(18)19)12(2)4-5-13-6-7-14-15(9-13)21-11-20-14/h3,6-7,9,12H,1,4-5,8,10-11H2,2H3,(H,18,19). The van der Waals surface area contributed by atoms with Crippen LogP contribution in [0.25, 0.3) is 0 Å².